The summed E-state index contributed by atoms with van der Waals surface area (Å²) in [5.74, 6) is -1.08. The summed E-state index contributed by atoms with van der Waals surface area (Å²) in [5.41, 5.74) is 3.54. The number of benzene rings is 2. The molecule has 0 aromatic heterocycles. The Kier molecular flexibility index (Phi) is 6.67. The van der Waals surface area contributed by atoms with Crippen molar-refractivity contribution in [3.63, 3.8) is 0 Å². The number of ether oxygens (including phenoxy) is 1. The summed E-state index contributed by atoms with van der Waals surface area (Å²) < 4.78 is 5.64. The van der Waals surface area contributed by atoms with Gasteiger partial charge in [0, 0.05) is 18.9 Å². The average molecular weight is 451 g/mol. The number of carbonyl (C=O) groups is 3. The van der Waals surface area contributed by atoms with Crippen molar-refractivity contribution in [2.75, 3.05) is 13.2 Å². The topological polar surface area (TPSA) is 105 Å². The Labute approximate surface area is 193 Å². The van der Waals surface area contributed by atoms with Crippen LogP contribution in [0.4, 0.5) is 4.79 Å². The van der Waals surface area contributed by atoms with Crippen molar-refractivity contribution < 1.29 is 24.2 Å². The van der Waals surface area contributed by atoms with Crippen molar-refractivity contribution in [3.05, 3.63) is 59.7 Å². The largest absolute Gasteiger partial charge is 0.481 e. The second-order valence-corrected chi connectivity index (χ2v) is 9.03. The van der Waals surface area contributed by atoms with E-state index in [1.807, 2.05) is 24.3 Å². The van der Waals surface area contributed by atoms with Crippen molar-refractivity contribution in [2.45, 2.75) is 50.5 Å². The van der Waals surface area contributed by atoms with Crippen LogP contribution in [0.15, 0.2) is 48.5 Å². The lowest BCUT2D eigenvalue weighted by molar-refractivity contribution is -0.137. The Morgan fingerprint density at radius 1 is 1.00 bits per heavy atom. The summed E-state index contributed by atoms with van der Waals surface area (Å²) in [7, 11) is 0. The molecule has 0 radical (unpaired) electrons. The first-order chi connectivity index (χ1) is 15.9. The molecule has 1 saturated carbocycles. The minimum Gasteiger partial charge on any atom is -0.481 e. The number of unbranched alkanes of at least 4 members (excludes halogenated alkanes) is 1. The Balaban J connectivity index is 1.35. The van der Waals surface area contributed by atoms with E-state index in [0.29, 0.717) is 19.4 Å². The second kappa shape index (κ2) is 9.65. The summed E-state index contributed by atoms with van der Waals surface area (Å²) >= 11 is 0. The summed E-state index contributed by atoms with van der Waals surface area (Å²) in [6, 6.07) is 16.3. The highest BCUT2D eigenvalue weighted by atomic mass is 16.5. The van der Waals surface area contributed by atoms with Crippen LogP contribution >= 0.6 is 0 Å². The number of alkyl carbamates (subject to hydrolysis) is 1. The molecule has 1 fully saturated rings. The molecule has 2 aliphatic rings. The van der Waals surface area contributed by atoms with Gasteiger partial charge in [-0.2, -0.15) is 0 Å². The minimum atomic E-state index is -1.05. The predicted octanol–water partition coefficient (Wildman–Crippen LogP) is 4.06. The molecule has 7 nitrogen and oxygen atoms in total. The summed E-state index contributed by atoms with van der Waals surface area (Å²) in [6.07, 6.45) is 2.28. The van der Waals surface area contributed by atoms with Crippen molar-refractivity contribution in [2.24, 2.45) is 5.92 Å². The molecule has 0 spiro atoms. The van der Waals surface area contributed by atoms with Crippen LogP contribution in [-0.2, 0) is 14.3 Å². The standard InChI is InChI=1S/C26H30N2O5/c1-26(17-13-14-17,24(31)27-15-7-6-12-23(29)30)28-25(32)33-16-22-20-10-4-2-8-18(20)19-9-3-5-11-21(19)22/h2-5,8-11,17,22H,6-7,12-16H2,1H3,(H,27,31)(H,28,32)(H,29,30). The third-order valence-electron chi connectivity index (χ3n) is 6.67. The van der Waals surface area contributed by atoms with Gasteiger partial charge in [0.25, 0.3) is 0 Å². The lowest BCUT2D eigenvalue weighted by Gasteiger charge is -2.29. The Hall–Kier alpha value is -3.35. The number of carbonyl (C=O) groups excluding carboxylic acids is 2. The second-order valence-electron chi connectivity index (χ2n) is 9.03. The molecule has 0 bridgehead atoms. The van der Waals surface area contributed by atoms with Crippen LogP contribution in [0.3, 0.4) is 0 Å². The van der Waals surface area contributed by atoms with Crippen molar-refractivity contribution in [1.82, 2.24) is 10.6 Å². The van der Waals surface area contributed by atoms with Crippen LogP contribution in [-0.4, -0.2) is 41.8 Å². The van der Waals surface area contributed by atoms with E-state index in [0.717, 1.165) is 35.1 Å². The maximum Gasteiger partial charge on any atom is 0.408 e. The molecule has 2 amide bonds. The smallest absolute Gasteiger partial charge is 0.408 e. The van der Waals surface area contributed by atoms with E-state index in [4.69, 9.17) is 9.84 Å². The average Bonchev–Trinajstić information content (AvgIpc) is 3.61. The summed E-state index contributed by atoms with van der Waals surface area (Å²) in [5, 5.41) is 14.4. The molecule has 4 rings (SSSR count). The van der Waals surface area contributed by atoms with Crippen LogP contribution in [0, 0.1) is 5.92 Å². The highest BCUT2D eigenvalue weighted by Gasteiger charge is 2.48. The molecule has 3 N–H and O–H groups in total. The zero-order valence-corrected chi connectivity index (χ0v) is 18.8. The van der Waals surface area contributed by atoms with Gasteiger partial charge in [-0.1, -0.05) is 48.5 Å². The molecule has 2 aliphatic carbocycles. The first-order valence-electron chi connectivity index (χ1n) is 11.5. The third-order valence-corrected chi connectivity index (χ3v) is 6.67. The van der Waals surface area contributed by atoms with E-state index in [1.165, 1.54) is 0 Å². The lowest BCUT2D eigenvalue weighted by atomic mass is 9.94. The number of aliphatic carboxylic acids is 1. The molecule has 0 heterocycles. The van der Waals surface area contributed by atoms with Crippen molar-refractivity contribution in [1.29, 1.82) is 0 Å². The Morgan fingerprint density at radius 3 is 2.18 bits per heavy atom. The fourth-order valence-electron chi connectivity index (χ4n) is 4.64. The van der Waals surface area contributed by atoms with Gasteiger partial charge in [-0.25, -0.2) is 4.79 Å². The van der Waals surface area contributed by atoms with Gasteiger partial charge in [0.1, 0.15) is 12.1 Å². The quantitative estimate of drug-likeness (QED) is 0.474. The molecule has 0 aliphatic heterocycles. The highest BCUT2D eigenvalue weighted by Crippen LogP contribution is 2.44. The van der Waals surface area contributed by atoms with Gasteiger partial charge < -0.3 is 20.5 Å². The molecule has 7 heteroatoms. The molecule has 1 unspecified atom stereocenters. The van der Waals surface area contributed by atoms with E-state index in [1.54, 1.807) is 6.92 Å². The maximum absolute atomic E-state index is 12.9. The minimum absolute atomic E-state index is 0.0432. The monoisotopic (exact) mass is 450 g/mol. The van der Waals surface area contributed by atoms with Crippen LogP contribution in [0.5, 0.6) is 0 Å². The number of hydrogen-bond donors (Lipinski definition) is 3. The van der Waals surface area contributed by atoms with Crippen LogP contribution in [0.25, 0.3) is 11.1 Å². The van der Waals surface area contributed by atoms with E-state index in [9.17, 15) is 14.4 Å². The van der Waals surface area contributed by atoms with Crippen LogP contribution < -0.4 is 10.6 Å². The van der Waals surface area contributed by atoms with Gasteiger partial charge in [-0.3, -0.25) is 9.59 Å². The molecule has 1 atom stereocenters. The fourth-order valence-corrected chi connectivity index (χ4v) is 4.64. The SMILES string of the molecule is CC(NC(=O)OCC1c2ccccc2-c2ccccc21)(C(=O)NCCCCC(=O)O)C1CC1. The third kappa shape index (κ3) is 5.02. The number of nitrogens with one attached hydrogen (secondary N) is 2. The zero-order chi connectivity index (χ0) is 23.4. The summed E-state index contributed by atoms with van der Waals surface area (Å²) in [6.45, 7) is 2.30. The Morgan fingerprint density at radius 2 is 1.61 bits per heavy atom. The first kappa shape index (κ1) is 22.8. The van der Waals surface area contributed by atoms with Gasteiger partial charge in [0.05, 0.1) is 0 Å². The normalized spacial score (nSPS) is 16.3. The Bertz CT molecular complexity index is 1000. The number of amides is 2. The predicted molar refractivity (Wildman–Crippen MR) is 124 cm³/mol. The van der Waals surface area contributed by atoms with Gasteiger partial charge in [0.2, 0.25) is 5.91 Å². The summed E-state index contributed by atoms with van der Waals surface area (Å²) in [4.78, 5) is 36.2. The van der Waals surface area contributed by atoms with E-state index in [2.05, 4.69) is 34.9 Å². The maximum atomic E-state index is 12.9. The lowest BCUT2D eigenvalue weighted by Crippen LogP contribution is -2.58. The molecular weight excluding hydrogens is 420 g/mol. The fraction of sp³-hybridized carbons (Fsp3) is 0.423. The van der Waals surface area contributed by atoms with Crippen molar-refractivity contribution >= 4 is 18.0 Å². The van der Waals surface area contributed by atoms with Crippen LogP contribution in [0.1, 0.15) is 56.1 Å². The van der Waals surface area contributed by atoms with Gasteiger partial charge >= 0.3 is 12.1 Å². The van der Waals surface area contributed by atoms with Crippen LogP contribution in [0.2, 0.25) is 0 Å². The number of hydrogen-bond acceptors (Lipinski definition) is 4. The highest BCUT2D eigenvalue weighted by molar-refractivity contribution is 5.90. The van der Waals surface area contributed by atoms with Gasteiger partial charge in [-0.05, 0) is 60.8 Å². The van der Waals surface area contributed by atoms with E-state index < -0.39 is 17.6 Å². The van der Waals surface area contributed by atoms with E-state index >= 15 is 0 Å². The van der Waals surface area contributed by atoms with E-state index in [-0.39, 0.29) is 30.8 Å². The number of rotatable bonds is 10. The number of fused-ring (bicyclic) bond motifs is 3. The van der Waals surface area contributed by atoms with Gasteiger partial charge in [0.15, 0.2) is 0 Å². The molecule has 0 saturated heterocycles. The number of carboxylic acids is 1. The molecule has 174 valence electrons. The number of carboxylic acid groups (broad SMARTS) is 1. The zero-order valence-electron chi connectivity index (χ0n) is 18.8. The van der Waals surface area contributed by atoms with Gasteiger partial charge in [-0.15, -0.1) is 0 Å². The molecule has 2 aromatic rings. The van der Waals surface area contributed by atoms with Crippen molar-refractivity contribution in [3.8, 4) is 11.1 Å². The molecule has 33 heavy (non-hydrogen) atoms. The molecular formula is C26H30N2O5. The molecule has 2 aromatic carbocycles. The first-order valence-corrected chi connectivity index (χ1v) is 11.5.